The van der Waals surface area contributed by atoms with Crippen molar-refractivity contribution in [3.8, 4) is 5.75 Å². The van der Waals surface area contributed by atoms with Crippen molar-refractivity contribution in [2.75, 3.05) is 27.2 Å². The molecule has 0 spiro atoms. The Labute approximate surface area is 114 Å². The quantitative estimate of drug-likeness (QED) is 0.906. The van der Waals surface area contributed by atoms with Crippen LogP contribution < -0.4 is 10.1 Å². The second kappa shape index (κ2) is 6.35. The minimum absolute atomic E-state index is 0.0485. The van der Waals surface area contributed by atoms with Gasteiger partial charge in [-0.05, 0) is 45.5 Å². The summed E-state index contributed by atoms with van der Waals surface area (Å²) < 4.78 is 19.3. The first-order chi connectivity index (χ1) is 9.11. The Balaban J connectivity index is 2.09. The van der Waals surface area contributed by atoms with Gasteiger partial charge in [0.05, 0.1) is 7.11 Å². The highest BCUT2D eigenvalue weighted by atomic mass is 19.1. The van der Waals surface area contributed by atoms with Crippen molar-refractivity contribution in [2.24, 2.45) is 0 Å². The Morgan fingerprint density at radius 1 is 1.47 bits per heavy atom. The molecule has 0 aromatic heterocycles. The molecule has 0 aliphatic carbocycles. The second-order valence-electron chi connectivity index (χ2n) is 5.35. The number of likely N-dealkylation sites (tertiary alicyclic amines) is 1. The van der Waals surface area contributed by atoms with Crippen LogP contribution in [0.15, 0.2) is 18.2 Å². The van der Waals surface area contributed by atoms with Crippen LogP contribution in [0.1, 0.15) is 31.4 Å². The molecule has 1 aliphatic rings. The van der Waals surface area contributed by atoms with Gasteiger partial charge in [0.25, 0.3) is 0 Å². The number of ether oxygens (including phenoxy) is 1. The molecule has 2 atom stereocenters. The molecule has 4 heteroatoms. The van der Waals surface area contributed by atoms with Crippen molar-refractivity contribution in [3.05, 3.63) is 29.6 Å². The van der Waals surface area contributed by atoms with Crippen LogP contribution in [0, 0.1) is 5.82 Å². The van der Waals surface area contributed by atoms with E-state index in [4.69, 9.17) is 4.74 Å². The summed E-state index contributed by atoms with van der Waals surface area (Å²) in [4.78, 5) is 2.31. The monoisotopic (exact) mass is 266 g/mol. The highest BCUT2D eigenvalue weighted by molar-refractivity contribution is 5.37. The first kappa shape index (κ1) is 14.3. The SMILES string of the molecule is COc1cccc(F)c1C(C)NC1CCCN(C)C1. The molecule has 1 fully saturated rings. The van der Waals surface area contributed by atoms with Gasteiger partial charge < -0.3 is 15.0 Å². The Morgan fingerprint density at radius 2 is 2.26 bits per heavy atom. The van der Waals surface area contributed by atoms with Crippen LogP contribution in [-0.4, -0.2) is 38.2 Å². The zero-order valence-electron chi connectivity index (χ0n) is 11.9. The zero-order chi connectivity index (χ0) is 13.8. The molecular weight excluding hydrogens is 243 g/mol. The molecule has 1 N–H and O–H groups in total. The standard InChI is InChI=1S/C15H23FN2O/c1-11(17-12-6-5-9-18(2)10-12)15-13(16)7-4-8-14(15)19-3/h4,7-8,11-12,17H,5-6,9-10H2,1-3H3. The molecule has 0 radical (unpaired) electrons. The largest absolute Gasteiger partial charge is 0.496 e. The van der Waals surface area contributed by atoms with Gasteiger partial charge in [0, 0.05) is 24.2 Å². The summed E-state index contributed by atoms with van der Waals surface area (Å²) in [6.07, 6.45) is 2.33. The van der Waals surface area contributed by atoms with Crippen molar-refractivity contribution in [1.82, 2.24) is 10.2 Å². The summed E-state index contributed by atoms with van der Waals surface area (Å²) >= 11 is 0. The summed E-state index contributed by atoms with van der Waals surface area (Å²) in [6.45, 7) is 4.16. The number of rotatable bonds is 4. The molecule has 2 rings (SSSR count). The number of piperidine rings is 1. The average molecular weight is 266 g/mol. The molecule has 1 saturated heterocycles. The van der Waals surface area contributed by atoms with Gasteiger partial charge in [-0.15, -0.1) is 0 Å². The topological polar surface area (TPSA) is 24.5 Å². The number of halogens is 1. The molecule has 3 nitrogen and oxygen atoms in total. The van der Waals surface area contributed by atoms with E-state index < -0.39 is 0 Å². The smallest absolute Gasteiger partial charge is 0.131 e. The lowest BCUT2D eigenvalue weighted by Crippen LogP contribution is -2.44. The van der Waals surface area contributed by atoms with E-state index in [1.165, 1.54) is 12.5 Å². The van der Waals surface area contributed by atoms with Gasteiger partial charge >= 0.3 is 0 Å². The fourth-order valence-electron chi connectivity index (χ4n) is 2.85. The third-order valence-corrected chi connectivity index (χ3v) is 3.78. The van der Waals surface area contributed by atoms with Gasteiger partial charge in [0.2, 0.25) is 0 Å². The van der Waals surface area contributed by atoms with Gasteiger partial charge in [-0.25, -0.2) is 4.39 Å². The van der Waals surface area contributed by atoms with Crippen LogP contribution in [0.5, 0.6) is 5.75 Å². The summed E-state index contributed by atoms with van der Waals surface area (Å²) in [7, 11) is 3.71. The molecule has 1 heterocycles. The number of methoxy groups -OCH3 is 1. The van der Waals surface area contributed by atoms with Crippen LogP contribution >= 0.6 is 0 Å². The summed E-state index contributed by atoms with van der Waals surface area (Å²) in [5.74, 6) is 0.410. The van der Waals surface area contributed by atoms with Crippen molar-refractivity contribution in [2.45, 2.75) is 31.8 Å². The third kappa shape index (κ3) is 3.45. The summed E-state index contributed by atoms with van der Waals surface area (Å²) in [5.41, 5.74) is 0.623. The molecule has 1 aliphatic heterocycles. The minimum atomic E-state index is -0.205. The lowest BCUT2D eigenvalue weighted by atomic mass is 10.0. The van der Waals surface area contributed by atoms with Crippen molar-refractivity contribution in [1.29, 1.82) is 0 Å². The molecule has 106 valence electrons. The van der Waals surface area contributed by atoms with E-state index in [0.29, 0.717) is 17.4 Å². The van der Waals surface area contributed by atoms with Crippen molar-refractivity contribution in [3.63, 3.8) is 0 Å². The Hall–Kier alpha value is -1.13. The molecule has 0 saturated carbocycles. The highest BCUT2D eigenvalue weighted by Crippen LogP contribution is 2.28. The van der Waals surface area contributed by atoms with Gasteiger partial charge in [-0.1, -0.05) is 6.07 Å². The van der Waals surface area contributed by atoms with Gasteiger partial charge in [0.15, 0.2) is 0 Å². The fourth-order valence-corrected chi connectivity index (χ4v) is 2.85. The van der Waals surface area contributed by atoms with Crippen molar-refractivity contribution >= 4 is 0 Å². The number of hydrogen-bond acceptors (Lipinski definition) is 3. The molecule has 0 amide bonds. The lowest BCUT2D eigenvalue weighted by Gasteiger charge is -2.32. The maximum absolute atomic E-state index is 14.0. The van der Waals surface area contributed by atoms with Gasteiger partial charge in [0.1, 0.15) is 11.6 Å². The van der Waals surface area contributed by atoms with Gasteiger partial charge in [-0.2, -0.15) is 0 Å². The fraction of sp³-hybridized carbons (Fsp3) is 0.600. The number of nitrogens with one attached hydrogen (secondary N) is 1. The first-order valence-electron chi connectivity index (χ1n) is 6.88. The number of benzene rings is 1. The van der Waals surface area contributed by atoms with E-state index in [1.54, 1.807) is 13.2 Å². The van der Waals surface area contributed by atoms with E-state index >= 15 is 0 Å². The number of nitrogens with zero attached hydrogens (tertiary/aromatic N) is 1. The number of likely N-dealkylation sites (N-methyl/N-ethyl adjacent to an activating group) is 1. The Bertz CT molecular complexity index is 425. The van der Waals surface area contributed by atoms with Crippen molar-refractivity contribution < 1.29 is 9.13 Å². The molecule has 0 bridgehead atoms. The predicted octanol–water partition coefficient (Wildman–Crippen LogP) is 2.58. The molecule has 2 unspecified atom stereocenters. The van der Waals surface area contributed by atoms with Gasteiger partial charge in [-0.3, -0.25) is 0 Å². The molecule has 1 aromatic carbocycles. The average Bonchev–Trinajstić information content (AvgIpc) is 2.38. The zero-order valence-corrected chi connectivity index (χ0v) is 11.9. The Kier molecular flexibility index (Phi) is 4.77. The Morgan fingerprint density at radius 3 is 2.95 bits per heavy atom. The third-order valence-electron chi connectivity index (χ3n) is 3.78. The van der Waals surface area contributed by atoms with Crippen LogP contribution in [0.25, 0.3) is 0 Å². The summed E-state index contributed by atoms with van der Waals surface area (Å²) in [6, 6.07) is 5.34. The molecule has 1 aromatic rings. The first-order valence-corrected chi connectivity index (χ1v) is 6.88. The predicted molar refractivity (Wildman–Crippen MR) is 75.0 cm³/mol. The maximum Gasteiger partial charge on any atom is 0.131 e. The normalized spacial score (nSPS) is 22.2. The molecule has 19 heavy (non-hydrogen) atoms. The van der Waals surface area contributed by atoms with E-state index in [9.17, 15) is 4.39 Å². The van der Waals surface area contributed by atoms with Crippen LogP contribution in [0.3, 0.4) is 0 Å². The summed E-state index contributed by atoms with van der Waals surface area (Å²) in [5, 5.41) is 3.52. The van der Waals surface area contributed by atoms with E-state index in [0.717, 1.165) is 19.5 Å². The number of hydrogen-bond donors (Lipinski definition) is 1. The van der Waals surface area contributed by atoms with E-state index in [-0.39, 0.29) is 11.9 Å². The van der Waals surface area contributed by atoms with E-state index in [2.05, 4.69) is 17.3 Å². The second-order valence-corrected chi connectivity index (χ2v) is 5.35. The van der Waals surface area contributed by atoms with Crippen LogP contribution in [0.2, 0.25) is 0 Å². The lowest BCUT2D eigenvalue weighted by molar-refractivity contribution is 0.217. The molecular formula is C15H23FN2O. The van der Waals surface area contributed by atoms with Crippen LogP contribution in [0.4, 0.5) is 4.39 Å². The van der Waals surface area contributed by atoms with Crippen LogP contribution in [-0.2, 0) is 0 Å². The van der Waals surface area contributed by atoms with E-state index in [1.807, 2.05) is 13.0 Å². The minimum Gasteiger partial charge on any atom is -0.496 e. The maximum atomic E-state index is 14.0. The highest BCUT2D eigenvalue weighted by Gasteiger charge is 2.22.